The third-order valence-electron chi connectivity index (χ3n) is 8.26. The molecule has 1 N–H and O–H groups in total. The topological polar surface area (TPSA) is 97.5 Å². The second-order valence-corrected chi connectivity index (χ2v) is 11.6. The van der Waals surface area contributed by atoms with Crippen LogP contribution in [0.3, 0.4) is 0 Å². The zero-order valence-corrected chi connectivity index (χ0v) is 24.2. The van der Waals surface area contributed by atoms with Crippen LogP contribution in [-0.4, -0.2) is 69.7 Å². The van der Waals surface area contributed by atoms with E-state index in [2.05, 4.69) is 16.0 Å². The number of nitrogens with zero attached hydrogens (tertiary/aromatic N) is 5. The van der Waals surface area contributed by atoms with Crippen molar-refractivity contribution in [3.63, 3.8) is 0 Å². The van der Waals surface area contributed by atoms with Gasteiger partial charge in [-0.2, -0.15) is 10.1 Å². The van der Waals surface area contributed by atoms with Crippen LogP contribution in [0.15, 0.2) is 60.7 Å². The molecule has 1 aliphatic rings. The molecule has 0 saturated carbocycles. The van der Waals surface area contributed by atoms with Gasteiger partial charge in [-0.25, -0.2) is 4.48 Å². The Morgan fingerprint density at radius 1 is 1.12 bits per heavy atom. The van der Waals surface area contributed by atoms with Gasteiger partial charge in [-0.05, 0) is 70.5 Å². The second-order valence-electron chi connectivity index (χ2n) is 11.6. The van der Waals surface area contributed by atoms with Gasteiger partial charge in [-0.15, -0.1) is 0 Å². The summed E-state index contributed by atoms with van der Waals surface area (Å²) in [6.07, 6.45) is -0.760. The van der Waals surface area contributed by atoms with E-state index >= 15 is 0 Å². The molecular formula is C32H38N5O3+. The van der Waals surface area contributed by atoms with Crippen LogP contribution in [0.5, 0.6) is 0 Å². The predicted octanol–water partition coefficient (Wildman–Crippen LogP) is 5.70. The maximum atomic E-state index is 13.3. The van der Waals surface area contributed by atoms with E-state index in [-0.39, 0.29) is 22.0 Å². The molecule has 3 aromatic rings. The number of hydrogen-bond acceptors (Lipinski definition) is 5. The molecule has 2 aromatic carbocycles. The summed E-state index contributed by atoms with van der Waals surface area (Å²) < 4.78 is 0.0649. The smallest absolute Gasteiger partial charge is 0.435 e. The Labute approximate surface area is 236 Å². The number of carbonyl (C=O) groups excluding carboxylic acids is 1. The van der Waals surface area contributed by atoms with Gasteiger partial charge in [0, 0.05) is 31.4 Å². The first-order chi connectivity index (χ1) is 18.9. The van der Waals surface area contributed by atoms with E-state index < -0.39 is 6.09 Å². The molecule has 2 heterocycles. The highest BCUT2D eigenvalue weighted by Gasteiger charge is 2.54. The summed E-state index contributed by atoms with van der Waals surface area (Å²) in [5.41, 5.74) is 4.55. The standard InChI is InChI=1S/C32H37N5O3/c1-22-20-36(17-18-37(22,31(39)40)32(3,4)5)21-24-11-13-26(14-12-24)35(6)30(38)27-15-16-29(34-23(27)2)28-10-8-7-9-25(28)19-33/h7-16,22H,17-18,20-21H2,1-6H3/p+1/t22-,37?/m0/s1. The van der Waals surface area contributed by atoms with Crippen molar-refractivity contribution in [1.29, 1.82) is 5.26 Å². The average molecular weight is 541 g/mol. The number of pyridine rings is 1. The van der Waals surface area contributed by atoms with Crippen molar-refractivity contribution in [1.82, 2.24) is 9.88 Å². The largest absolute Gasteiger partial charge is 0.514 e. The maximum Gasteiger partial charge on any atom is 0.514 e. The Morgan fingerprint density at radius 3 is 2.38 bits per heavy atom. The Kier molecular flexibility index (Phi) is 8.10. The number of nitriles is 1. The number of carbonyl (C=O) groups is 2. The molecule has 0 aliphatic carbocycles. The van der Waals surface area contributed by atoms with Gasteiger partial charge in [-0.3, -0.25) is 14.7 Å². The lowest BCUT2D eigenvalue weighted by molar-refractivity contribution is -0.929. The monoisotopic (exact) mass is 540 g/mol. The van der Waals surface area contributed by atoms with Gasteiger partial charge in [0.1, 0.15) is 18.1 Å². The number of anilines is 1. The van der Waals surface area contributed by atoms with Crippen molar-refractivity contribution in [2.75, 3.05) is 31.6 Å². The first kappa shape index (κ1) is 28.9. The van der Waals surface area contributed by atoms with E-state index in [0.29, 0.717) is 42.1 Å². The molecule has 0 radical (unpaired) electrons. The summed E-state index contributed by atoms with van der Waals surface area (Å²) in [6.45, 7) is 12.5. The molecule has 0 bridgehead atoms. The minimum Gasteiger partial charge on any atom is -0.435 e. The molecule has 2 amide bonds. The highest BCUT2D eigenvalue weighted by atomic mass is 16.4. The fraction of sp³-hybridized carbons (Fsp3) is 0.375. The van der Waals surface area contributed by atoms with Crippen LogP contribution >= 0.6 is 0 Å². The molecule has 1 saturated heterocycles. The number of aromatic nitrogens is 1. The lowest BCUT2D eigenvalue weighted by Gasteiger charge is -2.52. The van der Waals surface area contributed by atoms with E-state index in [1.807, 2.05) is 70.2 Å². The van der Waals surface area contributed by atoms with Crippen LogP contribution in [0.4, 0.5) is 10.5 Å². The molecule has 208 valence electrons. The van der Waals surface area contributed by atoms with Crippen molar-refractivity contribution in [3.05, 3.63) is 83.0 Å². The molecule has 4 rings (SSSR count). The first-order valence-electron chi connectivity index (χ1n) is 13.6. The van der Waals surface area contributed by atoms with Gasteiger partial charge in [0.25, 0.3) is 5.91 Å². The van der Waals surface area contributed by atoms with Crippen LogP contribution in [0.2, 0.25) is 0 Å². The van der Waals surface area contributed by atoms with E-state index in [0.717, 1.165) is 23.4 Å². The summed E-state index contributed by atoms with van der Waals surface area (Å²) in [5.74, 6) is -0.160. The number of rotatable bonds is 5. The number of aryl methyl sites for hydroxylation is 1. The summed E-state index contributed by atoms with van der Waals surface area (Å²) in [7, 11) is 1.75. The number of amides is 2. The van der Waals surface area contributed by atoms with Gasteiger partial charge >= 0.3 is 6.09 Å². The zero-order chi connectivity index (χ0) is 29.2. The van der Waals surface area contributed by atoms with Crippen LogP contribution < -0.4 is 4.90 Å². The summed E-state index contributed by atoms with van der Waals surface area (Å²) in [4.78, 5) is 34.2. The molecule has 2 atom stereocenters. The Hall–Kier alpha value is -4.06. The van der Waals surface area contributed by atoms with Crippen molar-refractivity contribution in [2.45, 2.75) is 52.7 Å². The van der Waals surface area contributed by atoms with Gasteiger partial charge in [0.2, 0.25) is 0 Å². The summed E-state index contributed by atoms with van der Waals surface area (Å²) >= 11 is 0. The van der Waals surface area contributed by atoms with Gasteiger partial charge in [0.05, 0.1) is 35.1 Å². The van der Waals surface area contributed by atoms with E-state index in [9.17, 15) is 20.0 Å². The molecule has 1 fully saturated rings. The average Bonchev–Trinajstić information content (AvgIpc) is 2.92. The zero-order valence-electron chi connectivity index (χ0n) is 24.2. The number of benzene rings is 2. The van der Waals surface area contributed by atoms with Crippen LogP contribution in [0, 0.1) is 18.3 Å². The number of carboxylic acid groups (broad SMARTS) is 1. The molecule has 1 aromatic heterocycles. The summed E-state index contributed by atoms with van der Waals surface area (Å²) in [6, 6.07) is 20.9. The highest BCUT2D eigenvalue weighted by Crippen LogP contribution is 2.33. The van der Waals surface area contributed by atoms with Crippen molar-refractivity contribution in [2.24, 2.45) is 0 Å². The third-order valence-corrected chi connectivity index (χ3v) is 8.26. The molecule has 8 nitrogen and oxygen atoms in total. The third kappa shape index (κ3) is 5.35. The van der Waals surface area contributed by atoms with Crippen molar-refractivity contribution < 1.29 is 19.2 Å². The fourth-order valence-electron chi connectivity index (χ4n) is 5.96. The molecule has 1 aliphatic heterocycles. The molecule has 0 spiro atoms. The van der Waals surface area contributed by atoms with E-state index in [1.165, 1.54) is 0 Å². The Balaban J connectivity index is 1.44. The van der Waals surface area contributed by atoms with Gasteiger partial charge in [-0.1, -0.05) is 30.3 Å². The highest BCUT2D eigenvalue weighted by molar-refractivity contribution is 6.06. The minimum atomic E-state index is -0.760. The Morgan fingerprint density at radius 2 is 1.80 bits per heavy atom. The lowest BCUT2D eigenvalue weighted by Crippen LogP contribution is -2.73. The molecular weight excluding hydrogens is 502 g/mol. The molecule has 40 heavy (non-hydrogen) atoms. The van der Waals surface area contributed by atoms with Crippen LogP contribution in [-0.2, 0) is 6.54 Å². The fourth-order valence-corrected chi connectivity index (χ4v) is 5.96. The lowest BCUT2D eigenvalue weighted by atomic mass is 9.95. The van der Waals surface area contributed by atoms with Crippen molar-refractivity contribution >= 4 is 17.7 Å². The van der Waals surface area contributed by atoms with Crippen molar-refractivity contribution in [3.8, 4) is 17.3 Å². The Bertz CT molecular complexity index is 1450. The second kappa shape index (κ2) is 11.2. The number of hydrogen-bond donors (Lipinski definition) is 1. The van der Waals surface area contributed by atoms with Crippen LogP contribution in [0.25, 0.3) is 11.3 Å². The molecule has 8 heteroatoms. The maximum absolute atomic E-state index is 13.3. The van der Waals surface area contributed by atoms with Gasteiger partial charge < -0.3 is 10.0 Å². The van der Waals surface area contributed by atoms with Gasteiger partial charge in [0.15, 0.2) is 0 Å². The van der Waals surface area contributed by atoms with E-state index in [4.69, 9.17) is 0 Å². The number of piperazine rings is 1. The molecule has 1 unspecified atom stereocenters. The normalized spacial score (nSPS) is 19.6. The number of quaternary nitrogens is 1. The summed E-state index contributed by atoms with van der Waals surface area (Å²) in [5, 5.41) is 19.5. The van der Waals surface area contributed by atoms with E-state index in [1.54, 1.807) is 37.1 Å². The van der Waals surface area contributed by atoms with Crippen LogP contribution in [0.1, 0.15) is 54.9 Å². The SMILES string of the molecule is Cc1nc(-c2ccccc2C#N)ccc1C(=O)N(C)c1ccc(CN2CC[N+](C(=O)O)(C(C)(C)C)[C@@H](C)C2)cc1. The minimum absolute atomic E-state index is 0.0362. The first-order valence-corrected chi connectivity index (χ1v) is 13.6. The predicted molar refractivity (Wildman–Crippen MR) is 156 cm³/mol. The quantitative estimate of drug-likeness (QED) is 0.417.